The molecule has 32 heavy (non-hydrogen) atoms. The van der Waals surface area contributed by atoms with Gasteiger partial charge >= 0.3 is 0 Å². The summed E-state index contributed by atoms with van der Waals surface area (Å²) in [6.07, 6.45) is 0. The molecule has 4 rings (SSSR count). The van der Waals surface area contributed by atoms with Gasteiger partial charge in [-0.05, 0) is 17.4 Å². The van der Waals surface area contributed by atoms with Crippen LogP contribution in [0.1, 0.15) is 13.8 Å². The summed E-state index contributed by atoms with van der Waals surface area (Å²) >= 11 is 1.23. The van der Waals surface area contributed by atoms with E-state index in [0.717, 1.165) is 10.9 Å². The van der Waals surface area contributed by atoms with Gasteiger partial charge in [0.1, 0.15) is 11.0 Å². The number of aromatic nitrogens is 2. The highest BCUT2D eigenvalue weighted by Gasteiger charge is 2.30. The molecule has 0 aliphatic carbocycles. The molecule has 0 aliphatic rings. The van der Waals surface area contributed by atoms with Gasteiger partial charge < -0.3 is 0 Å². The number of hydrogen-bond acceptors (Lipinski definition) is 6. The lowest BCUT2D eigenvalue weighted by Gasteiger charge is -2.21. The highest BCUT2D eigenvalue weighted by molar-refractivity contribution is 7.89. The van der Waals surface area contributed by atoms with Crippen LogP contribution in [0.15, 0.2) is 77.7 Å². The van der Waals surface area contributed by atoms with Gasteiger partial charge in [0.05, 0.1) is 4.90 Å². The molecule has 4 aromatic rings. The normalized spacial score (nSPS) is 12.7. The lowest BCUT2D eigenvalue weighted by atomic mass is 10.1. The second kappa shape index (κ2) is 9.15. The van der Waals surface area contributed by atoms with Gasteiger partial charge in [0, 0.05) is 10.9 Å². The van der Waals surface area contributed by atoms with Crippen LogP contribution in [-0.2, 0) is 14.8 Å². The zero-order valence-corrected chi connectivity index (χ0v) is 19.2. The maximum atomic E-state index is 13.2. The lowest BCUT2D eigenvalue weighted by Crippen LogP contribution is -2.47. The highest BCUT2D eigenvalue weighted by atomic mass is 32.2. The van der Waals surface area contributed by atoms with Crippen LogP contribution in [0.4, 0.5) is 5.13 Å². The third-order valence-electron chi connectivity index (χ3n) is 4.95. The maximum absolute atomic E-state index is 13.2. The molecule has 0 radical (unpaired) electrons. The molecule has 0 saturated heterocycles. The number of amides is 1. The van der Waals surface area contributed by atoms with Crippen LogP contribution in [0.25, 0.3) is 21.3 Å². The predicted molar refractivity (Wildman–Crippen MR) is 127 cm³/mol. The van der Waals surface area contributed by atoms with Crippen LogP contribution >= 0.6 is 11.3 Å². The van der Waals surface area contributed by atoms with Crippen LogP contribution in [0.2, 0.25) is 0 Å². The molecule has 0 bridgehead atoms. The quantitative estimate of drug-likeness (QED) is 0.423. The molecule has 7 nitrogen and oxygen atoms in total. The van der Waals surface area contributed by atoms with E-state index in [1.807, 2.05) is 48.5 Å². The first-order chi connectivity index (χ1) is 15.3. The summed E-state index contributed by atoms with van der Waals surface area (Å²) < 4.78 is 29.0. The molecule has 1 heterocycles. The number of carbonyl (C=O) groups is 1. The Kier molecular flexibility index (Phi) is 6.31. The molecule has 0 saturated carbocycles. The molecule has 1 amide bonds. The number of benzene rings is 3. The molecule has 0 aliphatic heterocycles. The van der Waals surface area contributed by atoms with Crippen molar-refractivity contribution in [1.29, 1.82) is 0 Å². The van der Waals surface area contributed by atoms with Gasteiger partial charge in [-0.15, -0.1) is 10.2 Å². The maximum Gasteiger partial charge on any atom is 0.244 e. The summed E-state index contributed by atoms with van der Waals surface area (Å²) in [6, 6.07) is 20.8. The predicted octanol–water partition coefficient (Wildman–Crippen LogP) is 4.30. The molecule has 1 aromatic heterocycles. The Bertz CT molecular complexity index is 1350. The Morgan fingerprint density at radius 3 is 2.34 bits per heavy atom. The summed E-state index contributed by atoms with van der Waals surface area (Å²) in [5.41, 5.74) is 0.891. The molecule has 1 atom stereocenters. The molecular weight excluding hydrogens is 444 g/mol. The van der Waals surface area contributed by atoms with Gasteiger partial charge in [-0.25, -0.2) is 8.42 Å². The van der Waals surface area contributed by atoms with Crippen molar-refractivity contribution < 1.29 is 13.2 Å². The largest absolute Gasteiger partial charge is 0.299 e. The second-order valence-corrected chi connectivity index (χ2v) is 10.2. The number of carbonyl (C=O) groups excluding carboxylic acids is 1. The summed E-state index contributed by atoms with van der Waals surface area (Å²) in [7, 11) is -3.95. The second-order valence-electron chi connectivity index (χ2n) is 7.59. The zero-order chi connectivity index (χ0) is 22.7. The first-order valence-electron chi connectivity index (χ1n) is 10.0. The number of nitrogens with one attached hydrogen (secondary N) is 2. The fourth-order valence-electron chi connectivity index (χ4n) is 3.31. The van der Waals surface area contributed by atoms with Crippen LogP contribution in [-0.4, -0.2) is 30.6 Å². The first kappa shape index (κ1) is 22.1. The summed E-state index contributed by atoms with van der Waals surface area (Å²) in [6.45, 7) is 3.57. The van der Waals surface area contributed by atoms with Crippen LogP contribution in [0.3, 0.4) is 0 Å². The first-order valence-corrected chi connectivity index (χ1v) is 12.3. The summed E-state index contributed by atoms with van der Waals surface area (Å²) in [5.74, 6) is -0.777. The summed E-state index contributed by atoms with van der Waals surface area (Å²) in [4.78, 5) is 13.1. The van der Waals surface area contributed by atoms with E-state index in [0.29, 0.717) is 15.5 Å². The van der Waals surface area contributed by atoms with Gasteiger partial charge in [-0.2, -0.15) is 4.72 Å². The standard InChI is InChI=1S/C23H22N4O3S2/c1-15(2)20(21(28)24-23-26-25-22(31-23)17-10-4-3-5-11-17)27-32(29,30)19-14-8-12-16-9-6-7-13-18(16)19/h3-15,20,27H,1-2H3,(H,24,26,28). The van der Waals surface area contributed by atoms with Crippen LogP contribution in [0.5, 0.6) is 0 Å². The highest BCUT2D eigenvalue weighted by Crippen LogP contribution is 2.27. The van der Waals surface area contributed by atoms with E-state index in [2.05, 4.69) is 20.2 Å². The Morgan fingerprint density at radius 2 is 1.59 bits per heavy atom. The van der Waals surface area contributed by atoms with Gasteiger partial charge in [0.25, 0.3) is 0 Å². The minimum atomic E-state index is -3.95. The average Bonchev–Trinajstić information content (AvgIpc) is 3.26. The smallest absolute Gasteiger partial charge is 0.244 e. The van der Waals surface area contributed by atoms with Crippen molar-refractivity contribution in [2.45, 2.75) is 24.8 Å². The average molecular weight is 467 g/mol. The Morgan fingerprint density at radius 1 is 0.906 bits per heavy atom. The van der Waals surface area contributed by atoms with E-state index in [1.165, 1.54) is 17.4 Å². The van der Waals surface area contributed by atoms with E-state index in [4.69, 9.17) is 0 Å². The number of nitrogens with zero attached hydrogens (tertiary/aromatic N) is 2. The van der Waals surface area contributed by atoms with Crippen molar-refractivity contribution in [1.82, 2.24) is 14.9 Å². The van der Waals surface area contributed by atoms with Crippen molar-refractivity contribution in [3.8, 4) is 10.6 Å². The number of rotatable bonds is 7. The van der Waals surface area contributed by atoms with Crippen molar-refractivity contribution in [2.24, 2.45) is 5.92 Å². The fraction of sp³-hybridized carbons (Fsp3) is 0.174. The van der Waals surface area contributed by atoms with Crippen molar-refractivity contribution in [2.75, 3.05) is 5.32 Å². The number of fused-ring (bicyclic) bond motifs is 1. The minimum absolute atomic E-state index is 0.135. The number of anilines is 1. The Hall–Kier alpha value is -3.14. The molecule has 9 heteroatoms. The number of hydrogen-bond donors (Lipinski definition) is 2. The molecule has 2 N–H and O–H groups in total. The molecule has 3 aromatic carbocycles. The van der Waals surface area contributed by atoms with Crippen molar-refractivity contribution in [3.05, 3.63) is 72.8 Å². The van der Waals surface area contributed by atoms with Gasteiger partial charge in [-0.1, -0.05) is 91.9 Å². The van der Waals surface area contributed by atoms with E-state index < -0.39 is 22.0 Å². The van der Waals surface area contributed by atoms with Crippen LogP contribution < -0.4 is 10.0 Å². The minimum Gasteiger partial charge on any atom is -0.299 e. The topological polar surface area (TPSA) is 101 Å². The summed E-state index contributed by atoms with van der Waals surface area (Å²) in [5, 5.41) is 13.2. The molecule has 164 valence electrons. The van der Waals surface area contributed by atoms with Gasteiger partial charge in [-0.3, -0.25) is 10.1 Å². The Balaban J connectivity index is 1.56. The Labute approximate surface area is 190 Å². The fourth-order valence-corrected chi connectivity index (χ4v) is 5.63. The van der Waals surface area contributed by atoms with Crippen molar-refractivity contribution in [3.63, 3.8) is 0 Å². The van der Waals surface area contributed by atoms with Crippen LogP contribution in [0, 0.1) is 5.92 Å². The molecule has 0 fully saturated rings. The zero-order valence-electron chi connectivity index (χ0n) is 17.5. The SMILES string of the molecule is CC(C)C(NS(=O)(=O)c1cccc2ccccc12)C(=O)Nc1nnc(-c2ccccc2)s1. The van der Waals surface area contributed by atoms with E-state index in [9.17, 15) is 13.2 Å². The molecular formula is C23H22N4O3S2. The van der Waals surface area contributed by atoms with E-state index >= 15 is 0 Å². The van der Waals surface area contributed by atoms with Gasteiger partial charge in [0.2, 0.25) is 21.1 Å². The van der Waals surface area contributed by atoms with E-state index in [1.54, 1.807) is 32.0 Å². The third kappa shape index (κ3) is 4.69. The number of sulfonamides is 1. The van der Waals surface area contributed by atoms with Crippen molar-refractivity contribution >= 4 is 43.2 Å². The third-order valence-corrected chi connectivity index (χ3v) is 7.33. The van der Waals surface area contributed by atoms with Gasteiger partial charge in [0.15, 0.2) is 0 Å². The molecule has 1 unspecified atom stereocenters. The monoisotopic (exact) mass is 466 g/mol. The molecule has 0 spiro atoms. The van der Waals surface area contributed by atoms with E-state index in [-0.39, 0.29) is 10.8 Å². The lowest BCUT2D eigenvalue weighted by molar-refractivity contribution is -0.118.